The summed E-state index contributed by atoms with van der Waals surface area (Å²) >= 11 is 0. The van der Waals surface area contributed by atoms with Gasteiger partial charge in [0, 0.05) is 6.04 Å². The normalized spacial score (nSPS) is 12.0. The number of aryl methyl sites for hydroxylation is 1. The van der Waals surface area contributed by atoms with Crippen LogP contribution in [0.2, 0.25) is 0 Å². The molecule has 0 aliphatic carbocycles. The van der Waals surface area contributed by atoms with Crippen molar-refractivity contribution in [3.05, 3.63) is 29.3 Å². The molecule has 0 aromatic heterocycles. The van der Waals surface area contributed by atoms with E-state index in [2.05, 4.69) is 10.7 Å². The fourth-order valence-electron chi connectivity index (χ4n) is 1.38. The minimum atomic E-state index is -0.0917. The number of carbonyl (C=O) groups is 1. The molecule has 4 N–H and O–H groups in total. The van der Waals surface area contributed by atoms with Crippen LogP contribution in [0.25, 0.3) is 0 Å². The molecule has 0 saturated carbocycles. The third-order valence-corrected chi connectivity index (χ3v) is 2.57. The van der Waals surface area contributed by atoms with E-state index in [0.29, 0.717) is 11.3 Å². The Morgan fingerprint density at radius 2 is 2.19 bits per heavy atom. The lowest BCUT2D eigenvalue weighted by Crippen LogP contribution is -2.32. The fourth-order valence-corrected chi connectivity index (χ4v) is 1.38. The Balaban J connectivity index is 2.93. The minimum absolute atomic E-state index is 0.0917. The summed E-state index contributed by atoms with van der Waals surface area (Å²) in [4.78, 5) is 11.9. The maximum absolute atomic E-state index is 11.9. The molecule has 16 heavy (non-hydrogen) atoms. The molecule has 1 atom stereocenters. The van der Waals surface area contributed by atoms with Crippen LogP contribution in [-0.2, 0) is 0 Å². The van der Waals surface area contributed by atoms with Crippen LogP contribution in [0.15, 0.2) is 18.2 Å². The van der Waals surface area contributed by atoms with Crippen LogP contribution in [0.1, 0.15) is 36.2 Å². The van der Waals surface area contributed by atoms with Crippen LogP contribution >= 0.6 is 0 Å². The van der Waals surface area contributed by atoms with Crippen LogP contribution in [0.3, 0.4) is 0 Å². The van der Waals surface area contributed by atoms with Crippen molar-refractivity contribution in [2.75, 3.05) is 5.43 Å². The Bertz CT molecular complexity index is 377. The van der Waals surface area contributed by atoms with E-state index in [4.69, 9.17) is 5.84 Å². The van der Waals surface area contributed by atoms with E-state index < -0.39 is 0 Å². The Morgan fingerprint density at radius 1 is 1.50 bits per heavy atom. The zero-order valence-corrected chi connectivity index (χ0v) is 10.0. The molecule has 0 saturated heterocycles. The minimum Gasteiger partial charge on any atom is -0.350 e. The third kappa shape index (κ3) is 2.97. The highest BCUT2D eigenvalue weighted by Crippen LogP contribution is 2.16. The van der Waals surface area contributed by atoms with E-state index in [0.717, 1.165) is 12.0 Å². The molecule has 0 aliphatic heterocycles. The van der Waals surface area contributed by atoms with E-state index in [9.17, 15) is 4.79 Å². The van der Waals surface area contributed by atoms with Crippen molar-refractivity contribution >= 4 is 11.6 Å². The number of hydrazine groups is 1. The molecule has 1 aromatic carbocycles. The van der Waals surface area contributed by atoms with Gasteiger partial charge in [0.05, 0.1) is 11.3 Å². The molecule has 0 aliphatic rings. The summed E-state index contributed by atoms with van der Waals surface area (Å²) < 4.78 is 0. The van der Waals surface area contributed by atoms with E-state index >= 15 is 0 Å². The number of carbonyl (C=O) groups excluding carboxylic acids is 1. The molecule has 1 aromatic rings. The van der Waals surface area contributed by atoms with Gasteiger partial charge < -0.3 is 10.7 Å². The van der Waals surface area contributed by atoms with Gasteiger partial charge in [0.25, 0.3) is 5.91 Å². The van der Waals surface area contributed by atoms with Crippen molar-refractivity contribution in [3.8, 4) is 0 Å². The SMILES string of the molecule is CCC(C)NC(=O)c1cc(C)ccc1NN. The van der Waals surface area contributed by atoms with Gasteiger partial charge >= 0.3 is 0 Å². The number of rotatable bonds is 4. The van der Waals surface area contributed by atoms with Gasteiger partial charge in [-0.15, -0.1) is 0 Å². The summed E-state index contributed by atoms with van der Waals surface area (Å²) in [5.74, 6) is 5.28. The number of amides is 1. The van der Waals surface area contributed by atoms with Gasteiger partial charge in [-0.25, -0.2) is 0 Å². The van der Waals surface area contributed by atoms with Gasteiger partial charge in [-0.3, -0.25) is 10.6 Å². The molecular weight excluding hydrogens is 202 g/mol. The van der Waals surface area contributed by atoms with Crippen LogP contribution in [0, 0.1) is 6.92 Å². The lowest BCUT2D eigenvalue weighted by molar-refractivity contribution is 0.0940. The van der Waals surface area contributed by atoms with Gasteiger partial charge in [-0.1, -0.05) is 18.6 Å². The summed E-state index contributed by atoms with van der Waals surface area (Å²) in [6.45, 7) is 5.95. The van der Waals surface area contributed by atoms with Gasteiger partial charge in [0.1, 0.15) is 0 Å². The number of nitrogen functional groups attached to an aromatic ring is 1. The molecule has 0 radical (unpaired) electrons. The molecule has 0 heterocycles. The molecule has 1 unspecified atom stereocenters. The first-order valence-corrected chi connectivity index (χ1v) is 5.46. The van der Waals surface area contributed by atoms with Crippen molar-refractivity contribution in [3.63, 3.8) is 0 Å². The number of benzene rings is 1. The standard InChI is InChI=1S/C12H19N3O/c1-4-9(3)14-12(16)10-7-8(2)5-6-11(10)15-13/h5-7,9,15H,4,13H2,1-3H3,(H,14,16). The van der Waals surface area contributed by atoms with Crippen molar-refractivity contribution < 1.29 is 4.79 Å². The molecule has 1 rings (SSSR count). The number of hydrogen-bond acceptors (Lipinski definition) is 3. The number of anilines is 1. The van der Waals surface area contributed by atoms with Gasteiger partial charge in [-0.05, 0) is 32.4 Å². The fraction of sp³-hybridized carbons (Fsp3) is 0.417. The first kappa shape index (κ1) is 12.5. The molecule has 4 nitrogen and oxygen atoms in total. The Morgan fingerprint density at radius 3 is 2.75 bits per heavy atom. The largest absolute Gasteiger partial charge is 0.350 e. The maximum Gasteiger partial charge on any atom is 0.253 e. The number of nitrogens with one attached hydrogen (secondary N) is 2. The second-order valence-corrected chi connectivity index (χ2v) is 3.98. The van der Waals surface area contributed by atoms with Gasteiger partial charge in [-0.2, -0.15) is 0 Å². The van der Waals surface area contributed by atoms with E-state index in [1.807, 2.05) is 32.9 Å². The highest BCUT2D eigenvalue weighted by atomic mass is 16.1. The average molecular weight is 221 g/mol. The summed E-state index contributed by atoms with van der Waals surface area (Å²) in [6, 6.07) is 5.71. The lowest BCUT2D eigenvalue weighted by Gasteiger charge is -2.14. The molecule has 0 fully saturated rings. The maximum atomic E-state index is 11.9. The Hall–Kier alpha value is -1.55. The topological polar surface area (TPSA) is 67.2 Å². The van der Waals surface area contributed by atoms with Gasteiger partial charge in [0.15, 0.2) is 0 Å². The Kier molecular flexibility index (Phi) is 4.31. The first-order chi connectivity index (χ1) is 7.58. The molecule has 0 bridgehead atoms. The number of hydrogen-bond donors (Lipinski definition) is 3. The van der Waals surface area contributed by atoms with Crippen molar-refractivity contribution in [1.82, 2.24) is 5.32 Å². The second-order valence-electron chi connectivity index (χ2n) is 3.98. The monoisotopic (exact) mass is 221 g/mol. The van der Waals surface area contributed by atoms with Crippen molar-refractivity contribution in [1.29, 1.82) is 0 Å². The van der Waals surface area contributed by atoms with Crippen molar-refractivity contribution in [2.24, 2.45) is 5.84 Å². The van der Waals surface area contributed by atoms with E-state index in [1.54, 1.807) is 6.07 Å². The summed E-state index contributed by atoms with van der Waals surface area (Å²) in [7, 11) is 0. The molecule has 1 amide bonds. The zero-order valence-electron chi connectivity index (χ0n) is 10.0. The quantitative estimate of drug-likeness (QED) is 0.536. The predicted octanol–water partition coefficient (Wildman–Crippen LogP) is 1.81. The van der Waals surface area contributed by atoms with Crippen LogP contribution in [-0.4, -0.2) is 11.9 Å². The van der Waals surface area contributed by atoms with E-state index in [1.165, 1.54) is 0 Å². The van der Waals surface area contributed by atoms with Crippen LogP contribution in [0.5, 0.6) is 0 Å². The summed E-state index contributed by atoms with van der Waals surface area (Å²) in [5.41, 5.74) is 4.80. The van der Waals surface area contributed by atoms with Crippen LogP contribution in [0.4, 0.5) is 5.69 Å². The van der Waals surface area contributed by atoms with Gasteiger partial charge in [0.2, 0.25) is 0 Å². The highest BCUT2D eigenvalue weighted by Gasteiger charge is 2.12. The molecule has 0 spiro atoms. The highest BCUT2D eigenvalue weighted by molar-refractivity contribution is 5.99. The first-order valence-electron chi connectivity index (χ1n) is 5.46. The summed E-state index contributed by atoms with van der Waals surface area (Å²) in [5, 5.41) is 2.91. The third-order valence-electron chi connectivity index (χ3n) is 2.57. The molecule has 4 heteroatoms. The summed E-state index contributed by atoms with van der Waals surface area (Å²) in [6.07, 6.45) is 0.906. The predicted molar refractivity (Wildman–Crippen MR) is 66.2 cm³/mol. The second kappa shape index (κ2) is 5.51. The van der Waals surface area contributed by atoms with Crippen molar-refractivity contribution in [2.45, 2.75) is 33.2 Å². The van der Waals surface area contributed by atoms with E-state index in [-0.39, 0.29) is 11.9 Å². The number of nitrogens with two attached hydrogens (primary N) is 1. The lowest BCUT2D eigenvalue weighted by atomic mass is 10.1. The molecular formula is C12H19N3O. The Labute approximate surface area is 96.2 Å². The zero-order chi connectivity index (χ0) is 12.1. The van der Waals surface area contributed by atoms with Crippen LogP contribution < -0.4 is 16.6 Å². The molecule has 88 valence electrons. The smallest absolute Gasteiger partial charge is 0.253 e. The average Bonchev–Trinajstić information content (AvgIpc) is 2.28.